The molecule has 0 saturated carbocycles. The van der Waals surface area contributed by atoms with Gasteiger partial charge in [0.15, 0.2) is 0 Å². The Labute approximate surface area is 106 Å². The van der Waals surface area contributed by atoms with Gasteiger partial charge in [0.05, 0.1) is 0 Å². The van der Waals surface area contributed by atoms with E-state index in [-0.39, 0.29) is 11.6 Å². The van der Waals surface area contributed by atoms with Crippen LogP contribution in [0.5, 0.6) is 0 Å². The van der Waals surface area contributed by atoms with Gasteiger partial charge in [0.1, 0.15) is 0 Å². The Morgan fingerprint density at radius 1 is 1.50 bits per heavy atom. The summed E-state index contributed by atoms with van der Waals surface area (Å²) in [5.41, 5.74) is 0.542. The fraction of sp³-hybridized carbons (Fsp3) is 0.333. The molecule has 0 amide bonds. The highest BCUT2D eigenvalue weighted by Crippen LogP contribution is 2.29. The lowest BCUT2D eigenvalue weighted by Crippen LogP contribution is -2.28. The third kappa shape index (κ3) is 1.96. The number of tetrazole rings is 1. The monoisotopic (exact) mass is 249 g/mol. The summed E-state index contributed by atoms with van der Waals surface area (Å²) in [6.45, 7) is 2.07. The van der Waals surface area contributed by atoms with E-state index in [1.807, 2.05) is 12.2 Å². The highest BCUT2D eigenvalue weighted by Gasteiger charge is 2.26. The Kier molecular flexibility index (Phi) is 3.51. The third-order valence-corrected chi connectivity index (χ3v) is 4.78. The molecule has 2 rings (SSSR count). The van der Waals surface area contributed by atoms with Gasteiger partial charge in [0.2, 0.25) is 0 Å². The Morgan fingerprint density at radius 2 is 2.25 bits per heavy atom. The molecule has 0 aromatic carbocycles. The van der Waals surface area contributed by atoms with Gasteiger partial charge >= 0.3 is 25.0 Å². The van der Waals surface area contributed by atoms with Crippen LogP contribution in [-0.4, -0.2) is 39.1 Å². The summed E-state index contributed by atoms with van der Waals surface area (Å²) >= 11 is -0.845. The predicted molar refractivity (Wildman–Crippen MR) is 62.7 cm³/mol. The predicted octanol–water partition coefficient (Wildman–Crippen LogP) is 0.414. The molecule has 1 atom stereocenters. The first-order valence-corrected chi connectivity index (χ1v) is 7.79. The molecule has 0 fully saturated rings. The molecule has 5 nitrogen and oxygen atoms in total. The quantitative estimate of drug-likeness (QED) is 0.714. The van der Waals surface area contributed by atoms with Crippen LogP contribution >= 0.6 is 9.07 Å². The van der Waals surface area contributed by atoms with E-state index >= 15 is 0 Å². The van der Waals surface area contributed by atoms with Crippen LogP contribution in [0.15, 0.2) is 23.0 Å². The van der Waals surface area contributed by atoms with Crippen molar-refractivity contribution < 1.29 is 0 Å². The minimum absolute atomic E-state index is 0.245. The molecule has 1 aliphatic carbocycles. The summed E-state index contributed by atoms with van der Waals surface area (Å²) in [6.07, 6.45) is 5.85. The van der Waals surface area contributed by atoms with Crippen molar-refractivity contribution >= 4 is 34.0 Å². The number of halogens is 1. The highest BCUT2D eigenvalue weighted by atomic mass is 35.5. The molecule has 1 aliphatic rings. The molecule has 1 unspecified atom stereocenters. The summed E-state index contributed by atoms with van der Waals surface area (Å²) in [5.74, 6) is 0.276. The average Bonchev–Trinajstić information content (AvgIpc) is 2.59. The van der Waals surface area contributed by atoms with Gasteiger partial charge in [-0.1, -0.05) is 23.1 Å². The zero-order chi connectivity index (χ0) is 11.7. The Morgan fingerprint density at radius 3 is 2.81 bits per heavy atom. The number of nitrogens with zero attached hydrogens (tertiary/aromatic N) is 4. The van der Waals surface area contributed by atoms with Crippen LogP contribution in [0.25, 0.3) is 5.70 Å². The van der Waals surface area contributed by atoms with E-state index in [0.29, 0.717) is 0 Å². The molecule has 0 spiro atoms. The number of rotatable bonds is 2. The molecule has 0 saturated heterocycles. The molecular formula is C9H10ClMgN4O. The molecule has 0 N–H and O–H groups in total. The standard InChI is InChI=1S/C9H10N4O.ClH.Mg/c1-7-4-3-5-8(6-7)13-9(14)12(2)10-11-13;;/h3-5,7H,1-2H3;1H;/q;;+1/p-1. The van der Waals surface area contributed by atoms with Crippen LogP contribution < -0.4 is 5.69 Å². The van der Waals surface area contributed by atoms with Crippen molar-refractivity contribution in [1.29, 1.82) is 0 Å². The van der Waals surface area contributed by atoms with Gasteiger partial charge in [0, 0.05) is 12.7 Å². The first-order chi connectivity index (χ1) is 7.65. The lowest BCUT2D eigenvalue weighted by molar-refractivity contribution is 0.692. The van der Waals surface area contributed by atoms with Crippen LogP contribution in [0.1, 0.15) is 6.92 Å². The SMILES string of the molecule is CC1C=CC=C(n2nnn(C)c2=O)[C]1[Mg][Cl]. The fourth-order valence-corrected chi connectivity index (χ4v) is 3.56. The number of hydrogen-bond donors (Lipinski definition) is 0. The van der Waals surface area contributed by atoms with E-state index in [1.54, 1.807) is 7.05 Å². The molecule has 16 heavy (non-hydrogen) atoms. The molecule has 0 bridgehead atoms. The van der Waals surface area contributed by atoms with Gasteiger partial charge < -0.3 is 9.07 Å². The van der Waals surface area contributed by atoms with Crippen molar-refractivity contribution in [1.82, 2.24) is 19.8 Å². The van der Waals surface area contributed by atoms with Crippen molar-refractivity contribution in [2.75, 3.05) is 0 Å². The van der Waals surface area contributed by atoms with E-state index in [9.17, 15) is 4.79 Å². The maximum Gasteiger partial charge on any atom is 0.513 e. The molecule has 81 valence electrons. The van der Waals surface area contributed by atoms with Crippen LogP contribution in [0.2, 0.25) is 0 Å². The van der Waals surface area contributed by atoms with Gasteiger partial charge in [-0.15, -0.1) is 0 Å². The van der Waals surface area contributed by atoms with Crippen molar-refractivity contribution in [3.63, 3.8) is 0 Å². The van der Waals surface area contributed by atoms with Gasteiger partial charge in [-0.25, -0.2) is 4.79 Å². The molecule has 1 radical (unpaired) electrons. The van der Waals surface area contributed by atoms with Crippen LogP contribution in [0, 0.1) is 9.97 Å². The molecule has 1 heterocycles. The number of hydrogen-bond acceptors (Lipinski definition) is 3. The summed E-state index contributed by atoms with van der Waals surface area (Å²) in [6, 6.07) is 0. The largest absolute Gasteiger partial charge is 0.513 e. The van der Waals surface area contributed by atoms with Gasteiger partial charge in [-0.05, 0) is 22.4 Å². The van der Waals surface area contributed by atoms with Gasteiger partial charge in [-0.2, -0.15) is 9.36 Å². The Hall–Kier alpha value is -0.594. The Bertz CT molecular complexity index is 504. The van der Waals surface area contributed by atoms with E-state index in [0.717, 1.165) is 9.74 Å². The van der Waals surface area contributed by atoms with Crippen LogP contribution in [-0.2, 0) is 7.05 Å². The zero-order valence-corrected chi connectivity index (χ0v) is 11.3. The zero-order valence-electron chi connectivity index (χ0n) is 9.09. The maximum atomic E-state index is 11.7. The molecule has 1 aromatic rings. The smallest absolute Gasteiger partial charge is 0.345 e. The Balaban J connectivity index is 2.47. The maximum absolute atomic E-state index is 11.7. The molecular weight excluding hydrogens is 240 g/mol. The number of aryl methyl sites for hydroxylation is 1. The van der Waals surface area contributed by atoms with E-state index in [4.69, 9.17) is 9.07 Å². The lowest BCUT2D eigenvalue weighted by Gasteiger charge is -2.23. The third-order valence-electron chi connectivity index (χ3n) is 2.63. The lowest BCUT2D eigenvalue weighted by atomic mass is 9.99. The summed E-state index contributed by atoms with van der Waals surface area (Å²) in [4.78, 5) is 11.7. The molecule has 0 aliphatic heterocycles. The second-order valence-electron chi connectivity index (χ2n) is 3.68. The van der Waals surface area contributed by atoms with Crippen molar-refractivity contribution in [3.05, 3.63) is 32.8 Å². The second-order valence-corrected chi connectivity index (χ2v) is 5.51. The minimum Gasteiger partial charge on any atom is -0.345 e. The topological polar surface area (TPSA) is 52.7 Å². The summed E-state index contributed by atoms with van der Waals surface area (Å²) in [5, 5.41) is 7.53. The summed E-state index contributed by atoms with van der Waals surface area (Å²) < 4.78 is 3.63. The average molecular weight is 250 g/mol. The molecule has 7 heteroatoms. The van der Waals surface area contributed by atoms with Gasteiger partial charge in [0.25, 0.3) is 0 Å². The first kappa shape index (κ1) is 11.9. The molecule has 1 aromatic heterocycles. The second kappa shape index (κ2) is 4.73. The van der Waals surface area contributed by atoms with Crippen molar-refractivity contribution in [2.24, 2.45) is 13.0 Å². The first-order valence-electron chi connectivity index (χ1n) is 4.95. The fourth-order valence-electron chi connectivity index (χ4n) is 1.63. The van der Waals surface area contributed by atoms with E-state index < -0.39 is 19.3 Å². The number of aromatic nitrogens is 4. The van der Waals surface area contributed by atoms with Crippen molar-refractivity contribution in [2.45, 2.75) is 6.92 Å². The minimum atomic E-state index is -0.845. The van der Waals surface area contributed by atoms with E-state index in [2.05, 4.69) is 23.4 Å². The normalized spacial score (nSPS) is 20.7. The van der Waals surface area contributed by atoms with Crippen LogP contribution in [0.4, 0.5) is 0 Å². The van der Waals surface area contributed by atoms with E-state index in [1.165, 1.54) is 9.36 Å². The summed E-state index contributed by atoms with van der Waals surface area (Å²) in [7, 11) is 7.61. The number of allylic oxidation sites excluding steroid dienone is 4. The van der Waals surface area contributed by atoms with Crippen LogP contribution in [0.3, 0.4) is 0 Å². The van der Waals surface area contributed by atoms with Gasteiger partial charge in [-0.3, -0.25) is 0 Å². The van der Waals surface area contributed by atoms with Crippen molar-refractivity contribution in [3.8, 4) is 0 Å². The highest BCUT2D eigenvalue weighted by molar-refractivity contribution is 6.98.